The highest BCUT2D eigenvalue weighted by Gasteiger charge is 2.27. The van der Waals surface area contributed by atoms with E-state index in [1.54, 1.807) is 0 Å². The molecule has 0 bridgehead atoms. The second-order valence-corrected chi connectivity index (χ2v) is 8.08. The molecule has 2 fully saturated rings. The maximum atomic E-state index is 12.5. The van der Waals surface area contributed by atoms with E-state index in [1.165, 1.54) is 12.0 Å². The number of hydrogen-bond acceptors (Lipinski definition) is 4. The molecule has 0 radical (unpaired) electrons. The van der Waals surface area contributed by atoms with Gasteiger partial charge in [0, 0.05) is 36.6 Å². The molecule has 4 rings (SSSR count). The van der Waals surface area contributed by atoms with Gasteiger partial charge in [0.05, 0.1) is 5.69 Å². The largest absolute Gasteiger partial charge is 0.351 e. The molecule has 0 N–H and O–H groups in total. The molecule has 0 aliphatic carbocycles. The maximum Gasteiger partial charge on any atom is 0.292 e. The number of amides is 1. The zero-order chi connectivity index (χ0) is 18.6. The van der Waals surface area contributed by atoms with Crippen molar-refractivity contribution in [2.45, 2.75) is 44.6 Å². The summed E-state index contributed by atoms with van der Waals surface area (Å²) in [6.07, 6.45) is 5.45. The van der Waals surface area contributed by atoms with Crippen molar-refractivity contribution in [1.29, 1.82) is 0 Å². The number of piperidine rings is 2. The standard InChI is InChI=1S/C21H26ClN3O2/c22-18-6-4-16(5-7-18)15-24-12-8-17(9-13-24)19-14-20(27-23-19)21(26)25-10-2-1-3-11-25/h4-7,14,17H,1-3,8-13,15H2. The minimum absolute atomic E-state index is 0.00590. The lowest BCUT2D eigenvalue weighted by Gasteiger charge is -2.31. The maximum absolute atomic E-state index is 12.5. The summed E-state index contributed by atoms with van der Waals surface area (Å²) in [5.74, 6) is 0.766. The highest BCUT2D eigenvalue weighted by atomic mass is 35.5. The lowest BCUT2D eigenvalue weighted by atomic mass is 9.93. The van der Waals surface area contributed by atoms with Crippen molar-refractivity contribution in [3.05, 3.63) is 52.4 Å². The quantitative estimate of drug-likeness (QED) is 0.783. The number of benzene rings is 1. The number of hydrogen-bond donors (Lipinski definition) is 0. The van der Waals surface area contributed by atoms with Gasteiger partial charge in [-0.3, -0.25) is 9.69 Å². The highest BCUT2D eigenvalue weighted by Crippen LogP contribution is 2.29. The van der Waals surface area contributed by atoms with E-state index in [2.05, 4.69) is 22.2 Å². The van der Waals surface area contributed by atoms with Crippen molar-refractivity contribution in [3.8, 4) is 0 Å². The molecule has 5 nitrogen and oxygen atoms in total. The van der Waals surface area contributed by atoms with Gasteiger partial charge in [0.25, 0.3) is 5.91 Å². The smallest absolute Gasteiger partial charge is 0.292 e. The van der Waals surface area contributed by atoms with Crippen LogP contribution in [-0.4, -0.2) is 47.0 Å². The lowest BCUT2D eigenvalue weighted by molar-refractivity contribution is 0.0682. The van der Waals surface area contributed by atoms with Crippen molar-refractivity contribution in [3.63, 3.8) is 0 Å². The number of aromatic nitrogens is 1. The Labute approximate surface area is 165 Å². The molecule has 1 aromatic heterocycles. The molecule has 1 aromatic carbocycles. The fourth-order valence-electron chi connectivity index (χ4n) is 4.07. The van der Waals surface area contributed by atoms with Crippen LogP contribution in [0.25, 0.3) is 0 Å². The molecular weight excluding hydrogens is 362 g/mol. The summed E-state index contributed by atoms with van der Waals surface area (Å²) >= 11 is 5.96. The van der Waals surface area contributed by atoms with Gasteiger partial charge in [-0.25, -0.2) is 0 Å². The summed E-state index contributed by atoms with van der Waals surface area (Å²) in [6, 6.07) is 9.94. The van der Waals surface area contributed by atoms with E-state index < -0.39 is 0 Å². The Hall–Kier alpha value is -1.85. The molecule has 6 heteroatoms. The van der Waals surface area contributed by atoms with Gasteiger partial charge in [-0.1, -0.05) is 28.9 Å². The predicted octanol–water partition coefficient (Wildman–Crippen LogP) is 4.33. The molecule has 27 heavy (non-hydrogen) atoms. The Morgan fingerprint density at radius 1 is 1.07 bits per heavy atom. The van der Waals surface area contributed by atoms with Gasteiger partial charge in [-0.2, -0.15) is 0 Å². The van der Waals surface area contributed by atoms with Crippen molar-refractivity contribution < 1.29 is 9.32 Å². The third-order valence-corrected chi connectivity index (χ3v) is 5.96. The Balaban J connectivity index is 1.31. The average molecular weight is 388 g/mol. The Morgan fingerprint density at radius 2 is 1.78 bits per heavy atom. The number of carbonyl (C=O) groups excluding carboxylic acids is 1. The van der Waals surface area contributed by atoms with E-state index in [9.17, 15) is 4.79 Å². The molecule has 1 amide bonds. The number of nitrogens with zero attached hydrogens (tertiary/aromatic N) is 3. The van der Waals surface area contributed by atoms with Crippen molar-refractivity contribution in [1.82, 2.24) is 15.0 Å². The van der Waals surface area contributed by atoms with Crippen LogP contribution in [0.4, 0.5) is 0 Å². The van der Waals surface area contributed by atoms with Crippen molar-refractivity contribution in [2.24, 2.45) is 0 Å². The third kappa shape index (κ3) is 4.53. The first kappa shape index (κ1) is 18.5. The topological polar surface area (TPSA) is 49.6 Å². The van der Waals surface area contributed by atoms with Gasteiger partial charge < -0.3 is 9.42 Å². The average Bonchev–Trinajstić information content (AvgIpc) is 3.21. The molecule has 2 aliphatic rings. The van der Waals surface area contributed by atoms with Gasteiger partial charge in [0.15, 0.2) is 0 Å². The zero-order valence-corrected chi connectivity index (χ0v) is 16.3. The van der Waals surface area contributed by atoms with E-state index in [1.807, 2.05) is 23.1 Å². The van der Waals surface area contributed by atoms with Crippen LogP contribution in [0, 0.1) is 0 Å². The molecule has 0 spiro atoms. The monoisotopic (exact) mass is 387 g/mol. The second kappa shape index (κ2) is 8.44. The molecule has 0 unspecified atom stereocenters. The van der Waals surface area contributed by atoms with Crippen LogP contribution in [0.1, 0.15) is 59.8 Å². The summed E-state index contributed by atoms with van der Waals surface area (Å²) in [4.78, 5) is 16.9. The van der Waals surface area contributed by atoms with Crippen LogP contribution in [0.3, 0.4) is 0 Å². The number of rotatable bonds is 4. The van der Waals surface area contributed by atoms with Crippen LogP contribution in [0.2, 0.25) is 5.02 Å². The van der Waals surface area contributed by atoms with Crippen LogP contribution in [-0.2, 0) is 6.54 Å². The fourth-order valence-corrected chi connectivity index (χ4v) is 4.20. The van der Waals surface area contributed by atoms with Crippen LogP contribution >= 0.6 is 11.6 Å². The first-order valence-electron chi connectivity index (χ1n) is 9.92. The van der Waals surface area contributed by atoms with E-state index in [4.69, 9.17) is 16.1 Å². The first-order chi connectivity index (χ1) is 13.2. The molecule has 2 aromatic rings. The van der Waals surface area contributed by atoms with Gasteiger partial charge in [0.2, 0.25) is 5.76 Å². The zero-order valence-electron chi connectivity index (χ0n) is 15.6. The molecule has 0 atom stereocenters. The highest BCUT2D eigenvalue weighted by molar-refractivity contribution is 6.30. The second-order valence-electron chi connectivity index (χ2n) is 7.65. The van der Waals surface area contributed by atoms with Crippen LogP contribution in [0.15, 0.2) is 34.9 Å². The van der Waals surface area contributed by atoms with Crippen molar-refractivity contribution in [2.75, 3.05) is 26.2 Å². The Kier molecular flexibility index (Phi) is 5.79. The fraction of sp³-hybridized carbons (Fsp3) is 0.524. The minimum atomic E-state index is -0.00590. The van der Waals surface area contributed by atoms with Crippen LogP contribution in [0.5, 0.6) is 0 Å². The lowest BCUT2D eigenvalue weighted by Crippen LogP contribution is -2.35. The number of carbonyl (C=O) groups is 1. The molecule has 0 saturated carbocycles. The number of halogens is 1. The van der Waals surface area contributed by atoms with E-state index in [0.717, 1.165) is 69.1 Å². The molecule has 2 aliphatic heterocycles. The summed E-state index contributed by atoms with van der Waals surface area (Å²) < 4.78 is 5.40. The van der Waals surface area contributed by atoms with Gasteiger partial charge >= 0.3 is 0 Å². The van der Waals surface area contributed by atoms with Crippen molar-refractivity contribution >= 4 is 17.5 Å². The van der Waals surface area contributed by atoms with E-state index in [0.29, 0.717) is 11.7 Å². The Morgan fingerprint density at radius 3 is 2.48 bits per heavy atom. The normalized spacial score (nSPS) is 19.4. The van der Waals surface area contributed by atoms with Gasteiger partial charge in [-0.15, -0.1) is 0 Å². The summed E-state index contributed by atoms with van der Waals surface area (Å²) in [5.41, 5.74) is 2.22. The first-order valence-corrected chi connectivity index (χ1v) is 10.3. The Bertz CT molecular complexity index is 760. The third-order valence-electron chi connectivity index (χ3n) is 5.71. The SMILES string of the molecule is O=C(c1cc(C2CCN(Cc3ccc(Cl)cc3)CC2)no1)N1CCCCC1. The van der Waals surface area contributed by atoms with E-state index in [-0.39, 0.29) is 5.91 Å². The van der Waals surface area contributed by atoms with Gasteiger partial charge in [-0.05, 0) is 62.9 Å². The summed E-state index contributed by atoms with van der Waals surface area (Å²) in [6.45, 7) is 4.66. The van der Waals surface area contributed by atoms with E-state index >= 15 is 0 Å². The molecule has 144 valence electrons. The van der Waals surface area contributed by atoms with Crippen LogP contribution < -0.4 is 0 Å². The molecule has 3 heterocycles. The molecule has 2 saturated heterocycles. The summed E-state index contributed by atoms with van der Waals surface area (Å²) in [5, 5.41) is 5.00. The summed E-state index contributed by atoms with van der Waals surface area (Å²) in [7, 11) is 0. The number of likely N-dealkylation sites (tertiary alicyclic amines) is 2. The molecular formula is C21H26ClN3O2. The predicted molar refractivity (Wildman–Crippen MR) is 105 cm³/mol. The minimum Gasteiger partial charge on any atom is -0.351 e. The van der Waals surface area contributed by atoms with Gasteiger partial charge in [0.1, 0.15) is 0 Å².